The molecule has 1 aliphatic rings. The molecule has 1 unspecified atom stereocenters. The third-order valence-corrected chi connectivity index (χ3v) is 4.96. The van der Waals surface area contributed by atoms with Crippen LogP contribution in [-0.2, 0) is 9.53 Å². The van der Waals surface area contributed by atoms with Crippen molar-refractivity contribution >= 4 is 28.9 Å². The van der Waals surface area contributed by atoms with Crippen LogP contribution in [0.2, 0.25) is 0 Å². The fraction of sp³-hybridized carbons (Fsp3) is 0.190. The van der Waals surface area contributed by atoms with Gasteiger partial charge in [0.15, 0.2) is 0 Å². The monoisotopic (exact) mass is 412 g/mol. The summed E-state index contributed by atoms with van der Waals surface area (Å²) in [6.07, 6.45) is -0.970. The number of amides is 2. The number of carbonyl (C=O) groups excluding carboxylic acids is 3. The van der Waals surface area contributed by atoms with E-state index in [0.29, 0.717) is 35.2 Å². The normalized spacial score (nSPS) is 15.8. The number of methoxy groups -OCH3 is 1. The Kier molecular flexibility index (Phi) is 4.86. The lowest BCUT2D eigenvalue weighted by molar-refractivity contribution is -0.119. The summed E-state index contributed by atoms with van der Waals surface area (Å²) < 4.78 is 29.3. The van der Waals surface area contributed by atoms with Crippen molar-refractivity contribution in [3.05, 3.63) is 53.3 Å². The number of primary amides is 1. The zero-order valence-corrected chi connectivity index (χ0v) is 15.9. The molecule has 3 aromatic rings. The van der Waals surface area contributed by atoms with E-state index in [0.717, 1.165) is 5.56 Å². The minimum atomic E-state index is -1.27. The lowest BCUT2D eigenvalue weighted by Gasteiger charge is -2.13. The van der Waals surface area contributed by atoms with Crippen LogP contribution >= 0.6 is 0 Å². The molecule has 1 aliphatic heterocycles. The number of esters is 1. The summed E-state index contributed by atoms with van der Waals surface area (Å²) in [6, 6.07) is 8.58. The van der Waals surface area contributed by atoms with Crippen molar-refractivity contribution in [2.24, 2.45) is 5.73 Å². The number of nitrogens with one attached hydrogen (secondary N) is 1. The fourth-order valence-electron chi connectivity index (χ4n) is 3.61. The maximum atomic E-state index is 13.4. The highest BCUT2D eigenvalue weighted by Crippen LogP contribution is 2.40. The summed E-state index contributed by atoms with van der Waals surface area (Å²) >= 11 is 0. The van der Waals surface area contributed by atoms with Gasteiger partial charge in [0.1, 0.15) is 28.5 Å². The Morgan fingerprint density at radius 3 is 2.57 bits per heavy atom. The van der Waals surface area contributed by atoms with Gasteiger partial charge in [-0.25, -0.2) is 14.0 Å². The van der Waals surface area contributed by atoms with Crippen LogP contribution < -0.4 is 15.8 Å². The molecule has 0 saturated carbocycles. The average Bonchev–Trinajstić information content (AvgIpc) is 3.30. The lowest BCUT2D eigenvalue weighted by Crippen LogP contribution is -2.18. The van der Waals surface area contributed by atoms with Crippen molar-refractivity contribution in [3.8, 4) is 17.1 Å². The largest absolute Gasteiger partial charge is 0.496 e. The van der Waals surface area contributed by atoms with Gasteiger partial charge in [-0.05, 0) is 36.4 Å². The molecule has 2 amide bonds. The average molecular weight is 412 g/mol. The first-order chi connectivity index (χ1) is 14.4. The summed E-state index contributed by atoms with van der Waals surface area (Å²) in [4.78, 5) is 35.4. The first kappa shape index (κ1) is 19.4. The van der Waals surface area contributed by atoms with Gasteiger partial charge in [0.2, 0.25) is 5.91 Å². The molecule has 1 atom stereocenters. The van der Waals surface area contributed by atoms with E-state index in [4.69, 9.17) is 14.9 Å². The van der Waals surface area contributed by atoms with E-state index in [1.807, 2.05) is 0 Å². The molecule has 1 fully saturated rings. The van der Waals surface area contributed by atoms with Crippen molar-refractivity contribution in [2.75, 3.05) is 13.7 Å². The van der Waals surface area contributed by atoms with Crippen LogP contribution in [0, 0.1) is 5.82 Å². The highest BCUT2D eigenvalue weighted by Gasteiger charge is 2.30. The number of fused-ring (bicyclic) bond motifs is 1. The molecule has 9 heteroatoms. The predicted octanol–water partition coefficient (Wildman–Crippen LogP) is 3.09. The second-order valence-corrected chi connectivity index (χ2v) is 6.82. The number of halogens is 1. The zero-order valence-electron chi connectivity index (χ0n) is 15.9. The van der Waals surface area contributed by atoms with Crippen LogP contribution in [0.15, 0.2) is 40.8 Å². The number of nitrogens with two attached hydrogens (primary N) is 1. The SMILES string of the molecule is COc1cc2c(C(=O)OC(N)=O)c(-c3ccc(F)cc3)oc2cc1C1CNC(=O)C1. The summed E-state index contributed by atoms with van der Waals surface area (Å²) in [5.74, 6) is -1.12. The van der Waals surface area contributed by atoms with E-state index in [9.17, 15) is 18.8 Å². The molecule has 0 aliphatic carbocycles. The van der Waals surface area contributed by atoms with E-state index in [1.165, 1.54) is 31.4 Å². The summed E-state index contributed by atoms with van der Waals surface area (Å²) in [7, 11) is 1.47. The number of benzene rings is 2. The predicted molar refractivity (Wildman–Crippen MR) is 104 cm³/mol. The van der Waals surface area contributed by atoms with Gasteiger partial charge in [0.05, 0.1) is 7.11 Å². The molecular formula is C21H17FN2O6. The third kappa shape index (κ3) is 3.45. The van der Waals surface area contributed by atoms with Crippen molar-refractivity contribution < 1.29 is 32.7 Å². The molecule has 0 radical (unpaired) electrons. The Morgan fingerprint density at radius 1 is 1.23 bits per heavy atom. The Labute approximate surface area is 169 Å². The summed E-state index contributed by atoms with van der Waals surface area (Å²) in [6.45, 7) is 0.447. The highest BCUT2D eigenvalue weighted by atomic mass is 19.1. The van der Waals surface area contributed by atoms with E-state index < -0.39 is 17.9 Å². The van der Waals surface area contributed by atoms with Gasteiger partial charge >= 0.3 is 12.1 Å². The van der Waals surface area contributed by atoms with Gasteiger partial charge in [0, 0.05) is 35.4 Å². The van der Waals surface area contributed by atoms with Crippen molar-refractivity contribution in [1.82, 2.24) is 5.32 Å². The minimum absolute atomic E-state index is 0.0409. The van der Waals surface area contributed by atoms with E-state index in [-0.39, 0.29) is 23.1 Å². The van der Waals surface area contributed by atoms with Crippen molar-refractivity contribution in [1.29, 1.82) is 0 Å². The topological polar surface area (TPSA) is 121 Å². The first-order valence-corrected chi connectivity index (χ1v) is 9.06. The lowest BCUT2D eigenvalue weighted by atomic mass is 9.95. The Hall–Kier alpha value is -3.88. The number of hydrogen-bond donors (Lipinski definition) is 2. The molecule has 3 N–H and O–H groups in total. The molecule has 154 valence electrons. The van der Waals surface area contributed by atoms with Crippen LogP contribution in [-0.4, -0.2) is 31.6 Å². The van der Waals surface area contributed by atoms with E-state index in [1.54, 1.807) is 12.1 Å². The molecule has 0 spiro atoms. The Bertz CT molecular complexity index is 1170. The molecule has 2 aromatic carbocycles. The second-order valence-electron chi connectivity index (χ2n) is 6.82. The highest BCUT2D eigenvalue weighted by molar-refractivity contribution is 6.11. The van der Waals surface area contributed by atoms with Gasteiger partial charge < -0.3 is 24.9 Å². The van der Waals surface area contributed by atoms with Crippen LogP contribution in [0.3, 0.4) is 0 Å². The number of rotatable bonds is 4. The van der Waals surface area contributed by atoms with Gasteiger partial charge in [-0.2, -0.15) is 0 Å². The molecular weight excluding hydrogens is 395 g/mol. The molecule has 0 bridgehead atoms. The van der Waals surface area contributed by atoms with Crippen molar-refractivity contribution in [2.45, 2.75) is 12.3 Å². The van der Waals surface area contributed by atoms with E-state index in [2.05, 4.69) is 10.1 Å². The van der Waals surface area contributed by atoms with Gasteiger partial charge in [0.25, 0.3) is 0 Å². The fourth-order valence-corrected chi connectivity index (χ4v) is 3.61. The molecule has 1 aromatic heterocycles. The van der Waals surface area contributed by atoms with Gasteiger partial charge in [-0.1, -0.05) is 0 Å². The number of carbonyl (C=O) groups is 3. The minimum Gasteiger partial charge on any atom is -0.496 e. The quantitative estimate of drug-likeness (QED) is 0.502. The Balaban J connectivity index is 1.93. The number of ether oxygens (including phenoxy) is 2. The van der Waals surface area contributed by atoms with Gasteiger partial charge in [-0.3, -0.25) is 4.79 Å². The first-order valence-electron chi connectivity index (χ1n) is 9.06. The maximum absolute atomic E-state index is 13.4. The number of furan rings is 1. The van der Waals surface area contributed by atoms with Crippen LogP contribution in [0.25, 0.3) is 22.3 Å². The van der Waals surface area contributed by atoms with E-state index >= 15 is 0 Å². The van der Waals surface area contributed by atoms with Crippen LogP contribution in [0.5, 0.6) is 5.75 Å². The molecule has 4 rings (SSSR count). The zero-order chi connectivity index (χ0) is 21.4. The standard InChI is InChI=1S/C21H17FN2O6/c1-28-15-8-14-16(7-13(15)11-6-17(25)24-9-11)29-19(10-2-4-12(22)5-3-10)18(14)20(26)30-21(23)27/h2-5,7-8,11H,6,9H2,1H3,(H2,23,27)(H,24,25). The third-order valence-electron chi connectivity index (χ3n) is 4.96. The van der Waals surface area contributed by atoms with Crippen LogP contribution in [0.4, 0.5) is 9.18 Å². The molecule has 8 nitrogen and oxygen atoms in total. The Morgan fingerprint density at radius 2 is 1.97 bits per heavy atom. The maximum Gasteiger partial charge on any atom is 0.412 e. The second kappa shape index (κ2) is 7.51. The number of hydrogen-bond acceptors (Lipinski definition) is 6. The van der Waals surface area contributed by atoms with Crippen molar-refractivity contribution in [3.63, 3.8) is 0 Å². The molecule has 30 heavy (non-hydrogen) atoms. The van der Waals surface area contributed by atoms with Gasteiger partial charge in [-0.15, -0.1) is 0 Å². The molecule has 2 heterocycles. The molecule has 1 saturated heterocycles. The summed E-state index contributed by atoms with van der Waals surface area (Å²) in [5.41, 5.74) is 6.42. The smallest absolute Gasteiger partial charge is 0.412 e. The van der Waals surface area contributed by atoms with Crippen LogP contribution in [0.1, 0.15) is 28.3 Å². The summed E-state index contributed by atoms with van der Waals surface area (Å²) in [5, 5.41) is 3.10.